The quantitative estimate of drug-likeness (QED) is 0.705. The van der Waals surface area contributed by atoms with Gasteiger partial charge in [-0.2, -0.15) is 11.8 Å². The summed E-state index contributed by atoms with van der Waals surface area (Å²) < 4.78 is 0. The van der Waals surface area contributed by atoms with Crippen LogP contribution in [0, 0.1) is 0 Å². The number of anilines is 2. The summed E-state index contributed by atoms with van der Waals surface area (Å²) in [7, 11) is 0. The summed E-state index contributed by atoms with van der Waals surface area (Å²) in [6.07, 6.45) is 0. The van der Waals surface area contributed by atoms with E-state index in [9.17, 15) is 4.79 Å². The number of carbonyl (C=O) groups is 1. The summed E-state index contributed by atoms with van der Waals surface area (Å²) in [6, 6.07) is 4.93. The van der Waals surface area contributed by atoms with Crippen LogP contribution in [0.15, 0.2) is 18.2 Å². The monoisotopic (exact) mass is 280 g/mol. The van der Waals surface area contributed by atoms with E-state index in [1.54, 1.807) is 18.2 Å². The van der Waals surface area contributed by atoms with Crippen LogP contribution in [0.1, 0.15) is 10.4 Å². The first-order valence-corrected chi connectivity index (χ1v) is 7.55. The number of carbonyl (C=O) groups excluding carboxylic acids is 1. The van der Waals surface area contributed by atoms with Crippen molar-refractivity contribution in [1.29, 1.82) is 0 Å². The molecule has 1 fully saturated rings. The molecule has 5 nitrogen and oxygen atoms in total. The van der Waals surface area contributed by atoms with Gasteiger partial charge in [0.05, 0.1) is 0 Å². The van der Waals surface area contributed by atoms with Crippen molar-refractivity contribution in [3.05, 3.63) is 23.8 Å². The van der Waals surface area contributed by atoms with E-state index in [1.807, 2.05) is 11.8 Å². The average molecular weight is 280 g/mol. The first kappa shape index (κ1) is 14.0. The largest absolute Gasteiger partial charge is 0.399 e. The molecule has 1 aromatic rings. The fourth-order valence-corrected chi connectivity index (χ4v) is 3.04. The molecule has 0 radical (unpaired) electrons. The number of benzene rings is 1. The third-order valence-corrected chi connectivity index (χ3v) is 4.00. The molecule has 0 unspecified atom stereocenters. The van der Waals surface area contributed by atoms with E-state index in [0.717, 1.165) is 19.6 Å². The molecule has 1 aliphatic rings. The zero-order valence-electron chi connectivity index (χ0n) is 10.9. The van der Waals surface area contributed by atoms with E-state index >= 15 is 0 Å². The van der Waals surface area contributed by atoms with Crippen molar-refractivity contribution in [3.8, 4) is 0 Å². The molecule has 6 heteroatoms. The van der Waals surface area contributed by atoms with Gasteiger partial charge in [-0.05, 0) is 18.2 Å². The number of hydrogen-bond acceptors (Lipinski definition) is 5. The van der Waals surface area contributed by atoms with E-state index in [2.05, 4.69) is 10.2 Å². The molecule has 19 heavy (non-hydrogen) atoms. The fraction of sp³-hybridized carbons (Fsp3) is 0.462. The van der Waals surface area contributed by atoms with Crippen LogP contribution in [0.3, 0.4) is 0 Å². The van der Waals surface area contributed by atoms with Gasteiger partial charge in [-0.15, -0.1) is 0 Å². The Hall–Kier alpha value is -1.40. The summed E-state index contributed by atoms with van der Waals surface area (Å²) in [5.41, 5.74) is 12.9. The molecule has 1 heterocycles. The highest BCUT2D eigenvalue weighted by Crippen LogP contribution is 2.13. The Morgan fingerprint density at radius 3 is 2.47 bits per heavy atom. The summed E-state index contributed by atoms with van der Waals surface area (Å²) in [5, 5.41) is 2.90. The minimum atomic E-state index is -0.120. The van der Waals surface area contributed by atoms with Crippen LogP contribution >= 0.6 is 11.8 Å². The Kier molecular flexibility index (Phi) is 4.93. The van der Waals surface area contributed by atoms with Crippen molar-refractivity contribution in [1.82, 2.24) is 10.2 Å². The number of nitrogens with two attached hydrogens (primary N) is 2. The lowest BCUT2D eigenvalue weighted by Crippen LogP contribution is -2.39. The normalized spacial score (nSPS) is 16.2. The molecule has 0 aliphatic carbocycles. The van der Waals surface area contributed by atoms with Gasteiger partial charge in [0.25, 0.3) is 5.91 Å². The van der Waals surface area contributed by atoms with E-state index in [-0.39, 0.29) is 5.91 Å². The van der Waals surface area contributed by atoms with Crippen molar-refractivity contribution in [3.63, 3.8) is 0 Å². The summed E-state index contributed by atoms with van der Waals surface area (Å²) in [5.74, 6) is 2.24. The lowest BCUT2D eigenvalue weighted by Gasteiger charge is -2.26. The van der Waals surface area contributed by atoms with Gasteiger partial charge in [-0.3, -0.25) is 9.69 Å². The van der Waals surface area contributed by atoms with E-state index < -0.39 is 0 Å². The fourth-order valence-electron chi connectivity index (χ4n) is 2.06. The van der Waals surface area contributed by atoms with Crippen LogP contribution in [0.2, 0.25) is 0 Å². The van der Waals surface area contributed by atoms with Gasteiger partial charge >= 0.3 is 0 Å². The Balaban J connectivity index is 1.80. The maximum Gasteiger partial charge on any atom is 0.251 e. The van der Waals surface area contributed by atoms with E-state index in [0.29, 0.717) is 23.5 Å². The van der Waals surface area contributed by atoms with Crippen LogP contribution in [0.5, 0.6) is 0 Å². The first-order chi connectivity index (χ1) is 9.15. The molecule has 0 spiro atoms. The molecule has 0 saturated carbocycles. The maximum absolute atomic E-state index is 11.9. The maximum atomic E-state index is 11.9. The van der Waals surface area contributed by atoms with Crippen molar-refractivity contribution in [2.45, 2.75) is 0 Å². The van der Waals surface area contributed by atoms with Crippen LogP contribution in [-0.2, 0) is 0 Å². The van der Waals surface area contributed by atoms with Crippen LogP contribution in [0.25, 0.3) is 0 Å². The van der Waals surface area contributed by atoms with Crippen molar-refractivity contribution >= 4 is 29.0 Å². The molecule has 0 atom stereocenters. The number of nitrogens with one attached hydrogen (secondary N) is 1. The minimum Gasteiger partial charge on any atom is -0.399 e. The highest BCUT2D eigenvalue weighted by Gasteiger charge is 2.11. The van der Waals surface area contributed by atoms with Crippen molar-refractivity contribution < 1.29 is 4.79 Å². The van der Waals surface area contributed by atoms with Crippen LogP contribution < -0.4 is 16.8 Å². The molecule has 2 rings (SSSR count). The predicted octanol–water partition coefficient (Wildman–Crippen LogP) is 0.630. The molecular weight excluding hydrogens is 260 g/mol. The number of hydrogen-bond donors (Lipinski definition) is 3. The number of thioether (sulfide) groups is 1. The van der Waals surface area contributed by atoms with Gasteiger partial charge < -0.3 is 16.8 Å². The standard InChI is InChI=1S/C13H20N4OS/c14-11-7-10(8-12(15)9-11)13(18)16-1-2-17-3-5-19-6-4-17/h7-9H,1-6,14-15H2,(H,16,18). The SMILES string of the molecule is Nc1cc(N)cc(C(=O)NCCN2CCSCC2)c1. The molecule has 5 N–H and O–H groups in total. The molecule has 1 amide bonds. The van der Waals surface area contributed by atoms with Gasteiger partial charge in [-0.25, -0.2) is 0 Å². The van der Waals surface area contributed by atoms with Crippen LogP contribution in [-0.4, -0.2) is 48.5 Å². The van der Waals surface area contributed by atoms with Gasteiger partial charge in [0.1, 0.15) is 0 Å². The number of nitrogens with zero attached hydrogens (tertiary/aromatic N) is 1. The second-order valence-electron chi connectivity index (χ2n) is 4.60. The molecule has 1 aromatic carbocycles. The molecule has 0 bridgehead atoms. The summed E-state index contributed by atoms with van der Waals surface area (Å²) >= 11 is 1.98. The zero-order chi connectivity index (χ0) is 13.7. The van der Waals surface area contributed by atoms with Gasteiger partial charge in [0.2, 0.25) is 0 Å². The average Bonchev–Trinajstić information content (AvgIpc) is 2.38. The van der Waals surface area contributed by atoms with Crippen molar-refractivity contribution in [2.75, 3.05) is 49.2 Å². The predicted molar refractivity (Wildman–Crippen MR) is 81.4 cm³/mol. The van der Waals surface area contributed by atoms with E-state index in [4.69, 9.17) is 11.5 Å². The first-order valence-electron chi connectivity index (χ1n) is 6.39. The smallest absolute Gasteiger partial charge is 0.251 e. The molecule has 1 aliphatic heterocycles. The number of rotatable bonds is 4. The molecular formula is C13H20N4OS. The van der Waals surface area contributed by atoms with Gasteiger partial charge in [0, 0.05) is 54.6 Å². The van der Waals surface area contributed by atoms with Gasteiger partial charge in [-0.1, -0.05) is 0 Å². The Labute approximate surface area is 117 Å². The Bertz CT molecular complexity index is 426. The number of amides is 1. The topological polar surface area (TPSA) is 84.4 Å². The molecule has 0 aromatic heterocycles. The zero-order valence-corrected chi connectivity index (χ0v) is 11.7. The lowest BCUT2D eigenvalue weighted by atomic mass is 10.1. The van der Waals surface area contributed by atoms with E-state index in [1.165, 1.54) is 11.5 Å². The minimum absolute atomic E-state index is 0.120. The number of nitrogen functional groups attached to an aromatic ring is 2. The third-order valence-electron chi connectivity index (χ3n) is 3.06. The van der Waals surface area contributed by atoms with Crippen LogP contribution in [0.4, 0.5) is 11.4 Å². The van der Waals surface area contributed by atoms with Crippen molar-refractivity contribution in [2.24, 2.45) is 0 Å². The molecule has 104 valence electrons. The summed E-state index contributed by atoms with van der Waals surface area (Å²) in [4.78, 5) is 14.3. The van der Waals surface area contributed by atoms with Gasteiger partial charge in [0.15, 0.2) is 0 Å². The highest BCUT2D eigenvalue weighted by molar-refractivity contribution is 7.99. The highest BCUT2D eigenvalue weighted by atomic mass is 32.2. The third kappa shape index (κ3) is 4.33. The molecule has 1 saturated heterocycles. The summed E-state index contributed by atoms with van der Waals surface area (Å²) in [6.45, 7) is 3.75. The lowest BCUT2D eigenvalue weighted by molar-refractivity contribution is 0.0949. The Morgan fingerprint density at radius 1 is 1.21 bits per heavy atom. The Morgan fingerprint density at radius 2 is 1.84 bits per heavy atom. The second-order valence-corrected chi connectivity index (χ2v) is 5.82. The second kappa shape index (κ2) is 6.68.